The number of thiol groups is 1. The lowest BCUT2D eigenvalue weighted by atomic mass is 9.95. The molecule has 128 valence electrons. The van der Waals surface area contributed by atoms with Crippen molar-refractivity contribution in [3.8, 4) is 0 Å². The lowest BCUT2D eigenvalue weighted by Crippen LogP contribution is -2.35. The molecule has 2 atom stereocenters. The third kappa shape index (κ3) is 4.83. The van der Waals surface area contributed by atoms with Crippen LogP contribution in [0.25, 0.3) is 0 Å². The van der Waals surface area contributed by atoms with Crippen molar-refractivity contribution in [3.05, 3.63) is 64.6 Å². The fourth-order valence-corrected chi connectivity index (χ4v) is 4.04. The third-order valence-corrected chi connectivity index (χ3v) is 5.86. The van der Waals surface area contributed by atoms with Crippen molar-refractivity contribution in [2.75, 3.05) is 6.54 Å². The Morgan fingerprint density at radius 1 is 1.12 bits per heavy atom. The second kappa shape index (κ2) is 8.15. The quantitative estimate of drug-likeness (QED) is 0.590. The van der Waals surface area contributed by atoms with Crippen molar-refractivity contribution in [2.45, 2.75) is 16.1 Å². The van der Waals surface area contributed by atoms with Gasteiger partial charge < -0.3 is 5.11 Å². The first-order valence-corrected chi connectivity index (χ1v) is 9.81. The van der Waals surface area contributed by atoms with Gasteiger partial charge in [0.1, 0.15) is 0 Å². The highest BCUT2D eigenvalue weighted by Crippen LogP contribution is 2.24. The molecule has 0 aromatic heterocycles. The molecule has 0 heterocycles. The number of hydrogen-bond donors (Lipinski definition) is 3. The number of benzene rings is 2. The number of rotatable bonds is 7. The van der Waals surface area contributed by atoms with Crippen LogP contribution >= 0.6 is 28.6 Å². The van der Waals surface area contributed by atoms with Crippen molar-refractivity contribution < 1.29 is 18.3 Å². The zero-order chi connectivity index (χ0) is 17.7. The summed E-state index contributed by atoms with van der Waals surface area (Å²) in [5.74, 6) is -1.97. The van der Waals surface area contributed by atoms with E-state index in [-0.39, 0.29) is 11.4 Å². The lowest BCUT2D eigenvalue weighted by molar-refractivity contribution is -0.138. The Hall–Kier alpha value is -1.35. The number of carboxylic acids is 1. The molecule has 24 heavy (non-hydrogen) atoms. The van der Waals surface area contributed by atoms with Crippen LogP contribution in [-0.2, 0) is 14.8 Å². The minimum absolute atomic E-state index is 0.104. The Morgan fingerprint density at radius 3 is 2.25 bits per heavy atom. The van der Waals surface area contributed by atoms with E-state index in [1.807, 2.05) is 0 Å². The predicted molar refractivity (Wildman–Crippen MR) is 98.9 cm³/mol. The van der Waals surface area contributed by atoms with Crippen LogP contribution in [0, 0.1) is 0 Å². The van der Waals surface area contributed by atoms with Crippen LogP contribution in [0.3, 0.4) is 0 Å². The number of halogens is 1. The minimum atomic E-state index is -3.73. The van der Waals surface area contributed by atoms with Crippen molar-refractivity contribution in [1.82, 2.24) is 4.72 Å². The van der Waals surface area contributed by atoms with Crippen LogP contribution in [-0.4, -0.2) is 31.3 Å². The molecule has 8 heteroatoms. The number of hydrogen-bond acceptors (Lipinski definition) is 4. The van der Waals surface area contributed by atoms with Crippen LogP contribution in [0.2, 0.25) is 0 Å². The van der Waals surface area contributed by atoms with Gasteiger partial charge in [0.2, 0.25) is 10.0 Å². The average Bonchev–Trinajstić information content (AvgIpc) is 2.54. The van der Waals surface area contributed by atoms with Gasteiger partial charge in [-0.2, -0.15) is 12.6 Å². The Kier molecular flexibility index (Phi) is 6.45. The van der Waals surface area contributed by atoms with Gasteiger partial charge in [-0.3, -0.25) is 4.79 Å². The molecule has 0 fully saturated rings. The predicted octanol–water partition coefficient (Wildman–Crippen LogP) is 2.89. The van der Waals surface area contributed by atoms with Gasteiger partial charge in [-0.15, -0.1) is 0 Å². The SMILES string of the molecule is O=C(O)C(c1ccccc1)C(S)CNS(=O)(=O)c1ccc(Br)cc1. The smallest absolute Gasteiger partial charge is 0.312 e. The van der Waals surface area contributed by atoms with E-state index in [4.69, 9.17) is 0 Å². The van der Waals surface area contributed by atoms with E-state index >= 15 is 0 Å². The molecule has 2 N–H and O–H groups in total. The second-order valence-corrected chi connectivity index (χ2v) is 8.45. The van der Waals surface area contributed by atoms with Crippen molar-refractivity contribution >= 4 is 44.6 Å². The summed E-state index contributed by atoms with van der Waals surface area (Å²) < 4.78 is 27.7. The standard InChI is InChI=1S/C16H16BrNO4S2/c17-12-6-8-13(9-7-12)24(21,22)18-10-14(23)15(16(19)20)11-4-2-1-3-5-11/h1-9,14-15,18,23H,10H2,(H,19,20). The molecular formula is C16H16BrNO4S2. The van der Waals surface area contributed by atoms with Crippen LogP contribution in [0.15, 0.2) is 64.0 Å². The summed E-state index contributed by atoms with van der Waals surface area (Å²) in [5, 5.41) is 8.73. The van der Waals surface area contributed by atoms with Gasteiger partial charge in [-0.25, -0.2) is 13.1 Å². The van der Waals surface area contributed by atoms with E-state index in [0.29, 0.717) is 5.56 Å². The summed E-state index contributed by atoms with van der Waals surface area (Å²) in [6.45, 7) is -0.104. The number of sulfonamides is 1. The molecule has 0 aliphatic rings. The number of carboxylic acid groups (broad SMARTS) is 1. The number of aliphatic carboxylic acids is 1. The molecule has 0 spiro atoms. The molecule has 2 aromatic carbocycles. The van der Waals surface area contributed by atoms with Gasteiger partial charge >= 0.3 is 5.97 Å². The van der Waals surface area contributed by atoms with Gasteiger partial charge in [-0.1, -0.05) is 46.3 Å². The van der Waals surface area contributed by atoms with E-state index in [1.165, 1.54) is 12.1 Å². The van der Waals surface area contributed by atoms with Crippen molar-refractivity contribution in [3.63, 3.8) is 0 Å². The highest BCUT2D eigenvalue weighted by Gasteiger charge is 2.28. The summed E-state index contributed by atoms with van der Waals surface area (Å²) in [6.07, 6.45) is 0. The van der Waals surface area contributed by atoms with E-state index in [9.17, 15) is 18.3 Å². The highest BCUT2D eigenvalue weighted by atomic mass is 79.9. The monoisotopic (exact) mass is 429 g/mol. The maximum atomic E-state index is 12.3. The lowest BCUT2D eigenvalue weighted by Gasteiger charge is -2.20. The number of carbonyl (C=O) groups is 1. The largest absolute Gasteiger partial charge is 0.481 e. The summed E-state index contributed by atoms with van der Waals surface area (Å²) in [5.41, 5.74) is 0.577. The second-order valence-electron chi connectivity index (χ2n) is 5.10. The molecule has 5 nitrogen and oxygen atoms in total. The zero-order valence-electron chi connectivity index (χ0n) is 12.5. The Bertz CT molecular complexity index is 795. The van der Waals surface area contributed by atoms with Gasteiger partial charge in [0.25, 0.3) is 0 Å². The first kappa shape index (κ1) is 19.0. The van der Waals surface area contributed by atoms with Gasteiger partial charge in [0.15, 0.2) is 0 Å². The maximum Gasteiger partial charge on any atom is 0.312 e. The van der Waals surface area contributed by atoms with Crippen LogP contribution in [0.1, 0.15) is 11.5 Å². The average molecular weight is 430 g/mol. The normalized spacial score (nSPS) is 14.1. The minimum Gasteiger partial charge on any atom is -0.481 e. The Labute approximate surface area is 154 Å². The zero-order valence-corrected chi connectivity index (χ0v) is 15.8. The molecule has 2 aromatic rings. The molecular weight excluding hydrogens is 414 g/mol. The summed E-state index contributed by atoms with van der Waals surface area (Å²) >= 11 is 7.54. The first-order chi connectivity index (χ1) is 11.3. The van der Waals surface area contributed by atoms with Gasteiger partial charge in [0, 0.05) is 16.3 Å². The van der Waals surface area contributed by atoms with E-state index in [0.717, 1.165) is 4.47 Å². The van der Waals surface area contributed by atoms with Crippen LogP contribution in [0.4, 0.5) is 0 Å². The van der Waals surface area contributed by atoms with Crippen LogP contribution in [0.5, 0.6) is 0 Å². The molecule has 0 radical (unpaired) electrons. The first-order valence-electron chi connectivity index (χ1n) is 7.02. The molecule has 2 rings (SSSR count). The summed E-state index contributed by atoms with van der Waals surface area (Å²) in [6, 6.07) is 14.8. The molecule has 0 aliphatic carbocycles. The number of nitrogens with one attached hydrogen (secondary N) is 1. The molecule has 0 aliphatic heterocycles. The van der Waals surface area contributed by atoms with E-state index in [2.05, 4.69) is 33.3 Å². The summed E-state index contributed by atoms with van der Waals surface area (Å²) in [4.78, 5) is 11.7. The van der Waals surface area contributed by atoms with Gasteiger partial charge in [0.05, 0.1) is 10.8 Å². The molecule has 0 saturated heterocycles. The maximum absolute atomic E-state index is 12.3. The molecule has 2 unspecified atom stereocenters. The molecule has 0 saturated carbocycles. The Morgan fingerprint density at radius 2 is 1.71 bits per heavy atom. The van der Waals surface area contributed by atoms with Crippen molar-refractivity contribution in [2.24, 2.45) is 0 Å². The Balaban J connectivity index is 2.11. The fourth-order valence-electron chi connectivity index (χ4n) is 2.20. The third-order valence-electron chi connectivity index (χ3n) is 3.42. The van der Waals surface area contributed by atoms with Gasteiger partial charge in [-0.05, 0) is 29.8 Å². The molecule has 0 bridgehead atoms. The van der Waals surface area contributed by atoms with Crippen molar-refractivity contribution in [1.29, 1.82) is 0 Å². The van der Waals surface area contributed by atoms with E-state index in [1.54, 1.807) is 42.5 Å². The highest BCUT2D eigenvalue weighted by molar-refractivity contribution is 9.10. The topological polar surface area (TPSA) is 83.5 Å². The van der Waals surface area contributed by atoms with E-state index < -0.39 is 27.2 Å². The fraction of sp³-hybridized carbons (Fsp3) is 0.188. The van der Waals surface area contributed by atoms with Crippen LogP contribution < -0.4 is 4.72 Å². The summed E-state index contributed by atoms with van der Waals surface area (Å²) in [7, 11) is -3.73. The molecule has 0 amide bonds.